The van der Waals surface area contributed by atoms with E-state index in [1.54, 1.807) is 0 Å². The predicted octanol–water partition coefficient (Wildman–Crippen LogP) is 4.55. The molecule has 0 bridgehead atoms. The van der Waals surface area contributed by atoms with Crippen LogP contribution in [0.5, 0.6) is 0 Å². The van der Waals surface area contributed by atoms with Crippen molar-refractivity contribution >= 4 is 28.6 Å². The Morgan fingerprint density at radius 2 is 2.00 bits per heavy atom. The summed E-state index contributed by atoms with van der Waals surface area (Å²) in [6.07, 6.45) is 0. The molecule has 138 valence electrons. The van der Waals surface area contributed by atoms with Crippen molar-refractivity contribution in [3.05, 3.63) is 58.6 Å². The minimum atomic E-state index is 0.0659. The number of Topliss-reactive ketones (excluding diaryl/α,β-unsaturated/α-hetero) is 1. The van der Waals surface area contributed by atoms with Crippen LogP contribution in [0.4, 0.5) is 0 Å². The highest BCUT2D eigenvalue weighted by atomic mass is 32.2. The predicted molar refractivity (Wildman–Crippen MR) is 106 cm³/mol. The molecular formula is C20H20N4O2S. The number of nitrogens with zero attached hydrogens (tertiary/aromatic N) is 3. The van der Waals surface area contributed by atoms with Crippen LogP contribution < -0.4 is 0 Å². The van der Waals surface area contributed by atoms with Gasteiger partial charge < -0.3 is 9.51 Å². The Balaban J connectivity index is 1.54. The van der Waals surface area contributed by atoms with E-state index in [9.17, 15) is 4.79 Å². The van der Waals surface area contributed by atoms with Crippen LogP contribution >= 0.6 is 11.8 Å². The first-order valence-corrected chi connectivity index (χ1v) is 9.66. The third-order valence-electron chi connectivity index (χ3n) is 4.53. The molecular weight excluding hydrogens is 360 g/mol. The highest BCUT2D eigenvalue weighted by molar-refractivity contribution is 7.99. The van der Waals surface area contributed by atoms with Crippen LogP contribution in [-0.4, -0.2) is 31.2 Å². The van der Waals surface area contributed by atoms with E-state index in [-0.39, 0.29) is 5.78 Å². The third kappa shape index (κ3) is 3.30. The summed E-state index contributed by atoms with van der Waals surface area (Å²) in [7, 11) is 0. The number of thioether (sulfide) groups is 1. The summed E-state index contributed by atoms with van der Waals surface area (Å²) < 4.78 is 7.11. The number of H-pyrrole nitrogens is 1. The van der Waals surface area contributed by atoms with E-state index in [2.05, 4.69) is 21.2 Å². The van der Waals surface area contributed by atoms with Gasteiger partial charge in [-0.05, 0) is 51.5 Å². The van der Waals surface area contributed by atoms with Gasteiger partial charge in [0, 0.05) is 23.0 Å². The molecule has 4 aromatic rings. The SMILES string of the molecule is Cc1ccc2nc(SCC(=O)c3cc(C)n(-c4cc(C)on4)c3C)[nH]c2c1. The second kappa shape index (κ2) is 6.74. The van der Waals surface area contributed by atoms with E-state index >= 15 is 0 Å². The van der Waals surface area contributed by atoms with Crippen molar-refractivity contribution in [2.24, 2.45) is 0 Å². The highest BCUT2D eigenvalue weighted by Crippen LogP contribution is 2.25. The largest absolute Gasteiger partial charge is 0.360 e. The van der Waals surface area contributed by atoms with Gasteiger partial charge in [0.05, 0.1) is 16.8 Å². The molecule has 0 fully saturated rings. The molecule has 0 unspecified atom stereocenters. The summed E-state index contributed by atoms with van der Waals surface area (Å²) in [5.41, 5.74) is 5.60. The van der Waals surface area contributed by atoms with Crippen LogP contribution in [0.3, 0.4) is 0 Å². The van der Waals surface area contributed by atoms with Crippen LogP contribution in [-0.2, 0) is 0 Å². The van der Waals surface area contributed by atoms with Crippen LogP contribution in [0.15, 0.2) is 40.0 Å². The first-order valence-electron chi connectivity index (χ1n) is 8.67. The average Bonchev–Trinajstić information content (AvgIpc) is 3.29. The van der Waals surface area contributed by atoms with Gasteiger partial charge in [0.15, 0.2) is 16.8 Å². The quantitative estimate of drug-likeness (QED) is 0.406. The van der Waals surface area contributed by atoms with E-state index in [1.807, 2.05) is 56.5 Å². The number of aryl methyl sites for hydroxylation is 3. The molecule has 0 saturated heterocycles. The van der Waals surface area contributed by atoms with Crippen LogP contribution in [0.1, 0.15) is 33.1 Å². The van der Waals surface area contributed by atoms with Crippen LogP contribution in [0.25, 0.3) is 16.9 Å². The van der Waals surface area contributed by atoms with Crippen molar-refractivity contribution in [2.75, 3.05) is 5.75 Å². The van der Waals surface area contributed by atoms with Gasteiger partial charge in [-0.15, -0.1) is 0 Å². The Hall–Kier alpha value is -2.80. The number of benzene rings is 1. The summed E-state index contributed by atoms with van der Waals surface area (Å²) in [5.74, 6) is 1.82. The van der Waals surface area contributed by atoms with Crippen molar-refractivity contribution in [1.29, 1.82) is 0 Å². The molecule has 3 heterocycles. The molecule has 0 amide bonds. The molecule has 0 radical (unpaired) electrons. The van der Waals surface area contributed by atoms with Crippen LogP contribution in [0, 0.1) is 27.7 Å². The number of hydrogen-bond acceptors (Lipinski definition) is 5. The Kier molecular flexibility index (Phi) is 4.39. The molecule has 7 heteroatoms. The minimum absolute atomic E-state index is 0.0659. The summed E-state index contributed by atoms with van der Waals surface area (Å²) in [5, 5.41) is 4.82. The van der Waals surface area contributed by atoms with Gasteiger partial charge in [-0.2, -0.15) is 0 Å². The topological polar surface area (TPSA) is 76.7 Å². The molecule has 0 saturated carbocycles. The van der Waals surface area contributed by atoms with Crippen LogP contribution in [0.2, 0.25) is 0 Å². The molecule has 0 aliphatic carbocycles. The fourth-order valence-electron chi connectivity index (χ4n) is 3.24. The maximum atomic E-state index is 12.8. The maximum absolute atomic E-state index is 12.8. The Morgan fingerprint density at radius 3 is 2.74 bits per heavy atom. The second-order valence-electron chi connectivity index (χ2n) is 6.69. The number of fused-ring (bicyclic) bond motifs is 1. The van der Waals surface area contributed by atoms with Crippen molar-refractivity contribution < 1.29 is 9.32 Å². The molecule has 0 aliphatic heterocycles. The zero-order valence-corrected chi connectivity index (χ0v) is 16.5. The van der Waals surface area contributed by atoms with E-state index in [0.717, 1.165) is 33.3 Å². The van der Waals surface area contributed by atoms with E-state index < -0.39 is 0 Å². The minimum Gasteiger partial charge on any atom is -0.360 e. The van der Waals surface area contributed by atoms with E-state index in [1.165, 1.54) is 17.3 Å². The standard InChI is InChI=1S/C20H20N4O2S/c1-11-5-6-16-17(7-11)22-20(21-16)27-10-18(25)15-8-12(2)24(14(15)4)19-9-13(3)26-23-19/h5-9H,10H2,1-4H3,(H,21,22). The first-order chi connectivity index (χ1) is 12.9. The molecule has 0 atom stereocenters. The zero-order chi connectivity index (χ0) is 19.1. The first kappa shape index (κ1) is 17.6. The summed E-state index contributed by atoms with van der Waals surface area (Å²) >= 11 is 1.42. The molecule has 4 rings (SSSR count). The lowest BCUT2D eigenvalue weighted by Gasteiger charge is -2.04. The summed E-state index contributed by atoms with van der Waals surface area (Å²) in [6, 6.07) is 9.84. The van der Waals surface area contributed by atoms with Gasteiger partial charge in [-0.25, -0.2) is 4.98 Å². The van der Waals surface area contributed by atoms with Gasteiger partial charge in [-0.1, -0.05) is 23.0 Å². The fraction of sp³-hybridized carbons (Fsp3) is 0.250. The normalized spacial score (nSPS) is 11.4. The number of aromatic amines is 1. The molecule has 1 N–H and O–H groups in total. The number of aromatic nitrogens is 4. The third-order valence-corrected chi connectivity index (χ3v) is 5.41. The molecule has 1 aromatic carbocycles. The molecule has 3 aromatic heterocycles. The summed E-state index contributed by atoms with van der Waals surface area (Å²) in [4.78, 5) is 20.6. The number of carbonyl (C=O) groups excluding carboxylic acids is 1. The maximum Gasteiger partial charge on any atom is 0.180 e. The number of rotatable bonds is 5. The van der Waals surface area contributed by atoms with Gasteiger partial charge in [0.25, 0.3) is 0 Å². The smallest absolute Gasteiger partial charge is 0.180 e. The number of nitrogens with one attached hydrogen (secondary N) is 1. The molecule has 6 nitrogen and oxygen atoms in total. The number of hydrogen-bond donors (Lipinski definition) is 1. The van der Waals surface area contributed by atoms with E-state index in [4.69, 9.17) is 4.52 Å². The molecule has 0 spiro atoms. The zero-order valence-electron chi connectivity index (χ0n) is 15.7. The fourth-order valence-corrected chi connectivity index (χ4v) is 4.00. The Labute approximate surface area is 161 Å². The highest BCUT2D eigenvalue weighted by Gasteiger charge is 2.19. The van der Waals surface area contributed by atoms with Crippen molar-refractivity contribution in [3.63, 3.8) is 0 Å². The number of imidazole rings is 1. The van der Waals surface area contributed by atoms with Gasteiger partial charge in [-0.3, -0.25) is 9.36 Å². The van der Waals surface area contributed by atoms with Crippen molar-refractivity contribution in [1.82, 2.24) is 19.7 Å². The molecule has 27 heavy (non-hydrogen) atoms. The number of carbonyl (C=O) groups is 1. The second-order valence-corrected chi connectivity index (χ2v) is 7.65. The van der Waals surface area contributed by atoms with Crippen molar-refractivity contribution in [2.45, 2.75) is 32.9 Å². The summed E-state index contributed by atoms with van der Waals surface area (Å²) in [6.45, 7) is 7.78. The monoisotopic (exact) mass is 380 g/mol. The van der Waals surface area contributed by atoms with Crippen molar-refractivity contribution in [3.8, 4) is 5.82 Å². The number of ketones is 1. The average molecular weight is 380 g/mol. The van der Waals surface area contributed by atoms with Gasteiger partial charge >= 0.3 is 0 Å². The van der Waals surface area contributed by atoms with E-state index in [0.29, 0.717) is 17.1 Å². The van der Waals surface area contributed by atoms with Gasteiger partial charge in [0.1, 0.15) is 5.76 Å². The molecule has 0 aliphatic rings. The lowest BCUT2D eigenvalue weighted by atomic mass is 10.2. The Morgan fingerprint density at radius 1 is 1.19 bits per heavy atom. The lowest BCUT2D eigenvalue weighted by Crippen LogP contribution is -2.06. The Bertz CT molecular complexity index is 1150. The van der Waals surface area contributed by atoms with Gasteiger partial charge in [0.2, 0.25) is 0 Å². The lowest BCUT2D eigenvalue weighted by molar-refractivity contribution is 0.102.